The first-order valence-corrected chi connectivity index (χ1v) is 8.84. The molecule has 4 nitrogen and oxygen atoms in total. The summed E-state index contributed by atoms with van der Waals surface area (Å²) in [6, 6.07) is 11.2. The third-order valence-electron chi connectivity index (χ3n) is 3.74. The topological polar surface area (TPSA) is 48.4 Å². The Bertz CT molecular complexity index is 912. The van der Waals surface area contributed by atoms with Gasteiger partial charge in [0.1, 0.15) is 10.8 Å². The van der Waals surface area contributed by atoms with E-state index in [0.29, 0.717) is 11.1 Å². The largest absolute Gasteiger partial charge is 0.502 e. The van der Waals surface area contributed by atoms with E-state index < -0.39 is 12.1 Å². The summed E-state index contributed by atoms with van der Waals surface area (Å²) in [6.07, 6.45) is -4.04. The van der Waals surface area contributed by atoms with E-state index in [2.05, 4.69) is 9.72 Å². The number of alkyl halides is 2. The van der Waals surface area contributed by atoms with Crippen molar-refractivity contribution in [1.29, 1.82) is 0 Å². The molecule has 0 amide bonds. The lowest BCUT2D eigenvalue weighted by Gasteiger charge is -2.19. The Labute approximate surface area is 153 Å². The number of esters is 1. The van der Waals surface area contributed by atoms with Crippen molar-refractivity contribution in [3.8, 4) is 16.3 Å². The van der Waals surface area contributed by atoms with E-state index in [-0.39, 0.29) is 12.4 Å². The predicted molar refractivity (Wildman–Crippen MR) is 96.7 cm³/mol. The van der Waals surface area contributed by atoms with Crippen LogP contribution in [0.15, 0.2) is 36.4 Å². The molecule has 0 aliphatic carbocycles. The van der Waals surface area contributed by atoms with Crippen LogP contribution in [0.5, 0.6) is 5.75 Å². The van der Waals surface area contributed by atoms with Crippen molar-refractivity contribution in [1.82, 2.24) is 4.98 Å². The van der Waals surface area contributed by atoms with Gasteiger partial charge in [0.05, 0.1) is 16.8 Å². The number of halogens is 2. The number of ether oxygens (including phenoxy) is 2. The van der Waals surface area contributed by atoms with Gasteiger partial charge in [-0.25, -0.2) is 9.78 Å². The first kappa shape index (κ1) is 18.3. The number of carbonyl (C=O) groups excluding carboxylic acids is 1. The van der Waals surface area contributed by atoms with Gasteiger partial charge < -0.3 is 9.47 Å². The van der Waals surface area contributed by atoms with Crippen LogP contribution in [0.2, 0.25) is 0 Å². The van der Waals surface area contributed by atoms with Gasteiger partial charge in [-0.3, -0.25) is 0 Å². The van der Waals surface area contributed by atoms with Gasteiger partial charge in [-0.1, -0.05) is 12.1 Å². The second kappa shape index (κ2) is 6.99. The van der Waals surface area contributed by atoms with Crippen molar-refractivity contribution in [3.63, 3.8) is 0 Å². The number of aromatic nitrogens is 1. The average Bonchev–Trinajstić information content (AvgIpc) is 3.02. The molecule has 0 atom stereocenters. The molecule has 7 heteroatoms. The molecule has 0 aliphatic rings. The molecular formula is C19H17F2NO3S. The lowest BCUT2D eigenvalue weighted by atomic mass is 10.1. The zero-order chi connectivity index (χ0) is 18.9. The van der Waals surface area contributed by atoms with Gasteiger partial charge in [-0.15, -0.1) is 11.3 Å². The Balaban J connectivity index is 1.94. The van der Waals surface area contributed by atoms with Crippen LogP contribution in [0, 0.1) is 13.8 Å². The van der Waals surface area contributed by atoms with Crippen LogP contribution in [0.1, 0.15) is 18.1 Å². The molecule has 2 aromatic carbocycles. The summed E-state index contributed by atoms with van der Waals surface area (Å²) in [5, 5.41) is 0.793. The summed E-state index contributed by atoms with van der Waals surface area (Å²) in [6.45, 7) is 4.62. The van der Waals surface area contributed by atoms with Crippen LogP contribution in [0.25, 0.3) is 20.8 Å². The molecule has 136 valence electrons. The average molecular weight is 377 g/mol. The van der Waals surface area contributed by atoms with E-state index in [1.165, 1.54) is 18.3 Å². The molecule has 26 heavy (non-hydrogen) atoms. The van der Waals surface area contributed by atoms with Crippen molar-refractivity contribution in [3.05, 3.63) is 47.5 Å². The zero-order valence-electron chi connectivity index (χ0n) is 14.5. The van der Waals surface area contributed by atoms with E-state index in [4.69, 9.17) is 4.74 Å². The normalized spacial score (nSPS) is 11.6. The van der Waals surface area contributed by atoms with Crippen LogP contribution in [-0.4, -0.2) is 23.7 Å². The van der Waals surface area contributed by atoms with Gasteiger partial charge in [-0.2, -0.15) is 8.78 Å². The Kier molecular flexibility index (Phi) is 4.91. The van der Waals surface area contributed by atoms with E-state index in [1.807, 2.05) is 24.3 Å². The van der Waals surface area contributed by atoms with Crippen LogP contribution in [0.3, 0.4) is 0 Å². The Morgan fingerprint density at radius 2 is 1.85 bits per heavy atom. The number of rotatable bonds is 5. The van der Waals surface area contributed by atoms with Crippen LogP contribution in [0.4, 0.5) is 8.78 Å². The molecule has 3 aromatic rings. The summed E-state index contributed by atoms with van der Waals surface area (Å²) in [5.41, 5.74) is 2.68. The quantitative estimate of drug-likeness (QED) is 0.580. The van der Waals surface area contributed by atoms with Gasteiger partial charge in [0.25, 0.3) is 0 Å². The van der Waals surface area contributed by atoms with Gasteiger partial charge in [0.15, 0.2) is 0 Å². The van der Waals surface area contributed by atoms with Crippen LogP contribution in [-0.2, 0) is 9.53 Å². The van der Waals surface area contributed by atoms with E-state index in [1.54, 1.807) is 26.0 Å². The summed E-state index contributed by atoms with van der Waals surface area (Å²) < 4.78 is 37.9. The molecule has 0 unspecified atom stereocenters. The predicted octanol–water partition coefficient (Wildman–Crippen LogP) is 5.11. The number of benzene rings is 2. The number of thiazole rings is 1. The Morgan fingerprint density at radius 1 is 1.19 bits per heavy atom. The van der Waals surface area contributed by atoms with E-state index in [9.17, 15) is 13.6 Å². The number of hydrogen-bond donors (Lipinski definition) is 0. The lowest BCUT2D eigenvalue weighted by Crippen LogP contribution is -2.37. The summed E-state index contributed by atoms with van der Waals surface area (Å²) in [5.74, 6) is -1.73. The molecule has 0 saturated carbocycles. The smallest absolute Gasteiger partial charge is 0.459 e. The number of hydrogen-bond acceptors (Lipinski definition) is 5. The van der Waals surface area contributed by atoms with Gasteiger partial charge in [0, 0.05) is 5.56 Å². The summed E-state index contributed by atoms with van der Waals surface area (Å²) in [4.78, 5) is 16.0. The van der Waals surface area contributed by atoms with Gasteiger partial charge in [-0.05, 0) is 56.2 Å². The number of nitrogens with zero attached hydrogens (tertiary/aromatic N) is 1. The minimum absolute atomic E-state index is 0.0343. The van der Waals surface area contributed by atoms with Crippen LogP contribution < -0.4 is 4.74 Å². The number of para-hydroxylation sites is 1. The molecule has 0 bridgehead atoms. The Hall–Kier alpha value is -2.54. The van der Waals surface area contributed by atoms with E-state index in [0.717, 1.165) is 20.8 Å². The molecule has 0 aliphatic heterocycles. The second-order valence-electron chi connectivity index (χ2n) is 5.77. The highest BCUT2D eigenvalue weighted by Gasteiger charge is 2.44. The minimum Gasteiger partial charge on any atom is -0.459 e. The molecule has 1 aromatic heterocycles. The van der Waals surface area contributed by atoms with Crippen molar-refractivity contribution in [2.75, 3.05) is 6.61 Å². The van der Waals surface area contributed by atoms with Gasteiger partial charge in [0.2, 0.25) is 0 Å². The van der Waals surface area contributed by atoms with Gasteiger partial charge >= 0.3 is 12.1 Å². The fourth-order valence-electron chi connectivity index (χ4n) is 2.62. The molecule has 0 fully saturated rings. The minimum atomic E-state index is -4.04. The number of aryl methyl sites for hydroxylation is 2. The van der Waals surface area contributed by atoms with Crippen LogP contribution >= 0.6 is 11.3 Å². The highest BCUT2D eigenvalue weighted by atomic mass is 32.1. The highest BCUT2D eigenvalue weighted by Crippen LogP contribution is 2.36. The van der Waals surface area contributed by atoms with E-state index >= 15 is 0 Å². The van der Waals surface area contributed by atoms with Crippen molar-refractivity contribution < 1.29 is 23.0 Å². The monoisotopic (exact) mass is 377 g/mol. The fraction of sp³-hybridized carbons (Fsp3) is 0.263. The maximum Gasteiger partial charge on any atom is 0.502 e. The summed E-state index contributed by atoms with van der Waals surface area (Å²) in [7, 11) is 0. The zero-order valence-corrected chi connectivity index (χ0v) is 15.3. The molecule has 0 spiro atoms. The molecule has 0 radical (unpaired) electrons. The first-order valence-electron chi connectivity index (χ1n) is 8.03. The number of carbonyl (C=O) groups is 1. The standard InChI is InChI=1S/C19H17F2NO3S/c1-4-24-18(23)19(20,21)25-16-11(2)9-13(10-12(16)3)17-22-14-7-5-6-8-15(14)26-17/h5-10H,4H2,1-3H3. The highest BCUT2D eigenvalue weighted by molar-refractivity contribution is 7.21. The Morgan fingerprint density at radius 3 is 2.46 bits per heavy atom. The molecular weight excluding hydrogens is 360 g/mol. The van der Waals surface area contributed by atoms with Crippen molar-refractivity contribution in [2.24, 2.45) is 0 Å². The SMILES string of the molecule is CCOC(=O)C(F)(F)Oc1c(C)cc(-c2nc3ccccc3s2)cc1C. The number of fused-ring (bicyclic) bond motifs is 1. The molecule has 1 heterocycles. The molecule has 0 N–H and O–H groups in total. The molecule has 0 saturated heterocycles. The lowest BCUT2D eigenvalue weighted by molar-refractivity contribution is -0.216. The maximum absolute atomic E-state index is 13.9. The first-order chi connectivity index (χ1) is 12.3. The third-order valence-corrected chi connectivity index (χ3v) is 4.83. The maximum atomic E-state index is 13.9. The fourth-order valence-corrected chi connectivity index (χ4v) is 3.57. The third kappa shape index (κ3) is 3.53. The van der Waals surface area contributed by atoms with Crippen molar-refractivity contribution >= 4 is 27.5 Å². The summed E-state index contributed by atoms with van der Waals surface area (Å²) >= 11 is 1.52. The molecule has 3 rings (SSSR count). The second-order valence-corrected chi connectivity index (χ2v) is 6.80. The van der Waals surface area contributed by atoms with Crippen molar-refractivity contribution in [2.45, 2.75) is 26.9 Å².